The molecule has 0 spiro atoms. The lowest BCUT2D eigenvalue weighted by molar-refractivity contribution is -0.284. The Kier molecular flexibility index (Phi) is 3.72. The topological polar surface area (TPSA) is 73.5 Å². The van der Waals surface area contributed by atoms with E-state index in [4.69, 9.17) is 10.00 Å². The second-order valence-electron chi connectivity index (χ2n) is 5.52. The molecule has 2 aromatic carbocycles. The standard InChI is InChI=1S/C16H7F6NO3/c17-7-3-8(18)5-9(4-7)26-11-2-1-10-12(13(11)19)16(24,25)14(20,6-23)15(10,21)22/h1-5,24-25H. The zero-order valence-electron chi connectivity index (χ0n) is 12.4. The normalized spacial score (nSPS) is 22.6. The Labute approximate surface area is 141 Å². The molecule has 1 aliphatic rings. The summed E-state index contributed by atoms with van der Waals surface area (Å²) in [6.07, 6.45) is 0. The molecule has 0 amide bonds. The molecular formula is C16H7F6NO3. The average Bonchev–Trinajstić information content (AvgIpc) is 2.65. The van der Waals surface area contributed by atoms with E-state index in [9.17, 15) is 36.6 Å². The first-order valence-electron chi connectivity index (χ1n) is 6.86. The van der Waals surface area contributed by atoms with Crippen LogP contribution in [0.3, 0.4) is 0 Å². The number of benzene rings is 2. The fraction of sp³-hybridized carbons (Fsp3) is 0.188. The Bertz CT molecular complexity index is 935. The molecule has 1 atom stereocenters. The number of alkyl halides is 3. The summed E-state index contributed by atoms with van der Waals surface area (Å²) in [5, 5.41) is 28.1. The molecule has 26 heavy (non-hydrogen) atoms. The molecule has 0 bridgehead atoms. The van der Waals surface area contributed by atoms with E-state index in [-0.39, 0.29) is 0 Å². The highest BCUT2D eigenvalue weighted by Gasteiger charge is 2.77. The van der Waals surface area contributed by atoms with Crippen molar-refractivity contribution in [3.05, 3.63) is 58.9 Å². The highest BCUT2D eigenvalue weighted by molar-refractivity contribution is 5.53. The molecule has 0 heterocycles. The minimum Gasteiger partial charge on any atom is -0.454 e. The van der Waals surface area contributed by atoms with Crippen LogP contribution >= 0.6 is 0 Å². The number of hydrogen-bond donors (Lipinski definition) is 2. The van der Waals surface area contributed by atoms with Crippen LogP contribution in [0.4, 0.5) is 26.3 Å². The van der Waals surface area contributed by atoms with Gasteiger partial charge in [0.25, 0.3) is 0 Å². The van der Waals surface area contributed by atoms with Gasteiger partial charge in [0.1, 0.15) is 23.5 Å². The third-order valence-electron chi connectivity index (χ3n) is 3.92. The van der Waals surface area contributed by atoms with Gasteiger partial charge < -0.3 is 14.9 Å². The van der Waals surface area contributed by atoms with E-state index in [1.165, 1.54) is 0 Å². The summed E-state index contributed by atoms with van der Waals surface area (Å²) in [6.45, 7) is 0. The van der Waals surface area contributed by atoms with Crippen molar-refractivity contribution >= 4 is 0 Å². The second-order valence-corrected chi connectivity index (χ2v) is 5.52. The fourth-order valence-electron chi connectivity index (χ4n) is 2.68. The van der Waals surface area contributed by atoms with Gasteiger partial charge in [-0.2, -0.15) is 14.0 Å². The molecule has 0 saturated heterocycles. The molecule has 2 aromatic rings. The van der Waals surface area contributed by atoms with E-state index in [2.05, 4.69) is 0 Å². The molecular weight excluding hydrogens is 368 g/mol. The lowest BCUT2D eigenvalue weighted by atomic mass is 9.95. The third kappa shape index (κ3) is 2.17. The molecule has 4 nitrogen and oxygen atoms in total. The summed E-state index contributed by atoms with van der Waals surface area (Å²) in [6, 6.07) is 3.22. The summed E-state index contributed by atoms with van der Waals surface area (Å²) < 4.78 is 88.2. The number of aliphatic hydroxyl groups is 2. The maximum atomic E-state index is 14.5. The van der Waals surface area contributed by atoms with Crippen molar-refractivity contribution in [2.24, 2.45) is 0 Å². The predicted molar refractivity (Wildman–Crippen MR) is 72.3 cm³/mol. The molecule has 3 rings (SSSR count). The summed E-state index contributed by atoms with van der Waals surface area (Å²) in [7, 11) is 0. The molecule has 0 radical (unpaired) electrons. The smallest absolute Gasteiger partial charge is 0.326 e. The van der Waals surface area contributed by atoms with Crippen molar-refractivity contribution in [1.29, 1.82) is 5.26 Å². The number of nitriles is 1. The lowest BCUT2D eigenvalue weighted by Gasteiger charge is -2.28. The van der Waals surface area contributed by atoms with E-state index in [1.807, 2.05) is 0 Å². The Hall–Kier alpha value is -2.77. The van der Waals surface area contributed by atoms with E-state index in [1.54, 1.807) is 0 Å². The molecule has 1 aliphatic carbocycles. The largest absolute Gasteiger partial charge is 0.454 e. The van der Waals surface area contributed by atoms with Crippen LogP contribution in [0.1, 0.15) is 11.1 Å². The van der Waals surface area contributed by atoms with Gasteiger partial charge in [-0.3, -0.25) is 0 Å². The van der Waals surface area contributed by atoms with Gasteiger partial charge in [0.15, 0.2) is 11.6 Å². The quantitative estimate of drug-likeness (QED) is 0.624. The van der Waals surface area contributed by atoms with Crippen LogP contribution in [0, 0.1) is 28.8 Å². The maximum Gasteiger partial charge on any atom is 0.326 e. The van der Waals surface area contributed by atoms with Crippen molar-refractivity contribution < 1.29 is 41.3 Å². The Morgan fingerprint density at radius 2 is 1.54 bits per heavy atom. The molecule has 0 aromatic heterocycles. The van der Waals surface area contributed by atoms with E-state index < -0.39 is 57.5 Å². The number of hydrogen-bond acceptors (Lipinski definition) is 4. The fourth-order valence-corrected chi connectivity index (χ4v) is 2.68. The molecule has 10 heteroatoms. The van der Waals surface area contributed by atoms with Gasteiger partial charge in [-0.1, -0.05) is 0 Å². The number of fused-ring (bicyclic) bond motifs is 1. The zero-order valence-corrected chi connectivity index (χ0v) is 12.4. The zero-order chi connectivity index (χ0) is 19.5. The monoisotopic (exact) mass is 375 g/mol. The van der Waals surface area contributed by atoms with Crippen molar-refractivity contribution in [2.75, 3.05) is 0 Å². The van der Waals surface area contributed by atoms with Gasteiger partial charge in [-0.15, -0.1) is 0 Å². The van der Waals surface area contributed by atoms with Crippen molar-refractivity contribution in [2.45, 2.75) is 17.4 Å². The lowest BCUT2D eigenvalue weighted by Crippen LogP contribution is -2.51. The molecule has 1 unspecified atom stereocenters. The Balaban J connectivity index is 2.16. The van der Waals surface area contributed by atoms with Crippen molar-refractivity contribution in [1.82, 2.24) is 0 Å². The molecule has 0 saturated carbocycles. The summed E-state index contributed by atoms with van der Waals surface area (Å²) in [5.74, 6) is -14.5. The molecule has 0 aliphatic heterocycles. The maximum absolute atomic E-state index is 14.5. The number of nitrogens with zero attached hydrogens (tertiary/aromatic N) is 1. The number of ether oxygens (including phenoxy) is 1. The van der Waals surface area contributed by atoms with Crippen LogP contribution in [0.2, 0.25) is 0 Å². The first kappa shape index (κ1) is 18.0. The molecule has 136 valence electrons. The van der Waals surface area contributed by atoms with Gasteiger partial charge in [0, 0.05) is 23.8 Å². The van der Waals surface area contributed by atoms with Gasteiger partial charge in [0.05, 0.1) is 5.56 Å². The first-order chi connectivity index (χ1) is 12.0. The van der Waals surface area contributed by atoms with E-state index >= 15 is 0 Å². The van der Waals surface area contributed by atoms with Gasteiger partial charge in [-0.05, 0) is 12.1 Å². The minimum atomic E-state index is -4.75. The first-order valence-corrected chi connectivity index (χ1v) is 6.86. The van der Waals surface area contributed by atoms with E-state index in [0.717, 1.165) is 0 Å². The van der Waals surface area contributed by atoms with Crippen LogP contribution < -0.4 is 4.74 Å². The summed E-state index contributed by atoms with van der Waals surface area (Å²) in [4.78, 5) is 0. The number of halogens is 6. The Morgan fingerprint density at radius 3 is 2.08 bits per heavy atom. The van der Waals surface area contributed by atoms with Gasteiger partial charge >= 0.3 is 11.6 Å². The minimum absolute atomic E-state index is 0.420. The van der Waals surface area contributed by atoms with Crippen molar-refractivity contribution in [3.63, 3.8) is 0 Å². The SMILES string of the molecule is N#CC1(F)C(O)(O)c2c(ccc(Oc3cc(F)cc(F)c3)c2F)C1(F)F. The highest BCUT2D eigenvalue weighted by Crippen LogP contribution is 2.59. The van der Waals surface area contributed by atoms with Crippen LogP contribution in [-0.2, 0) is 11.7 Å². The molecule has 2 N–H and O–H groups in total. The number of rotatable bonds is 2. The second kappa shape index (κ2) is 5.36. The highest BCUT2D eigenvalue weighted by atomic mass is 19.3. The Morgan fingerprint density at radius 1 is 0.962 bits per heavy atom. The van der Waals surface area contributed by atoms with Crippen LogP contribution in [0.15, 0.2) is 30.3 Å². The predicted octanol–water partition coefficient (Wildman–Crippen LogP) is 3.37. The van der Waals surface area contributed by atoms with Crippen LogP contribution in [-0.4, -0.2) is 15.9 Å². The third-order valence-corrected chi connectivity index (χ3v) is 3.92. The van der Waals surface area contributed by atoms with Crippen LogP contribution in [0.5, 0.6) is 11.5 Å². The van der Waals surface area contributed by atoms with E-state index in [0.29, 0.717) is 36.4 Å². The molecule has 0 fully saturated rings. The summed E-state index contributed by atoms with van der Waals surface area (Å²) in [5.41, 5.74) is -7.64. The van der Waals surface area contributed by atoms with Crippen LogP contribution in [0.25, 0.3) is 0 Å². The van der Waals surface area contributed by atoms with Gasteiger partial charge in [-0.25, -0.2) is 17.6 Å². The van der Waals surface area contributed by atoms with Gasteiger partial charge in [0.2, 0.25) is 5.79 Å². The average molecular weight is 375 g/mol. The summed E-state index contributed by atoms with van der Waals surface area (Å²) >= 11 is 0. The van der Waals surface area contributed by atoms with Crippen molar-refractivity contribution in [3.8, 4) is 17.6 Å².